The number of halogens is 1. The standard InChI is InChI=1S/C21H16ClN5/c22-16-10-12-17(13-11-16)23-20-24-25-21-26(14-15-6-2-1-3-7-15)18-8-4-5-9-19(18)27(20)21/h1-13H,14H2,(H,23,24). The molecule has 5 nitrogen and oxygen atoms in total. The van der Waals surface area contributed by atoms with Gasteiger partial charge in [-0.05, 0) is 42.0 Å². The van der Waals surface area contributed by atoms with Gasteiger partial charge in [0.15, 0.2) is 0 Å². The van der Waals surface area contributed by atoms with E-state index in [0.717, 1.165) is 29.0 Å². The summed E-state index contributed by atoms with van der Waals surface area (Å²) in [5, 5.41) is 12.9. The summed E-state index contributed by atoms with van der Waals surface area (Å²) in [5.41, 5.74) is 4.31. The summed E-state index contributed by atoms with van der Waals surface area (Å²) in [6.07, 6.45) is 0. The van der Waals surface area contributed by atoms with E-state index in [1.165, 1.54) is 5.56 Å². The smallest absolute Gasteiger partial charge is 0.238 e. The van der Waals surface area contributed by atoms with Gasteiger partial charge in [-0.1, -0.05) is 54.1 Å². The summed E-state index contributed by atoms with van der Waals surface area (Å²) in [6.45, 7) is 0.733. The molecule has 2 heterocycles. The van der Waals surface area contributed by atoms with Crippen molar-refractivity contribution in [3.8, 4) is 0 Å². The second kappa shape index (κ2) is 6.45. The fraction of sp³-hybridized carbons (Fsp3) is 0.0476. The fourth-order valence-corrected chi connectivity index (χ4v) is 3.45. The minimum atomic E-state index is 0.676. The molecule has 132 valence electrons. The number of nitrogens with zero attached hydrogens (tertiary/aromatic N) is 4. The van der Waals surface area contributed by atoms with E-state index in [1.807, 2.05) is 46.9 Å². The predicted molar refractivity (Wildman–Crippen MR) is 109 cm³/mol. The van der Waals surface area contributed by atoms with Crippen LogP contribution in [0.25, 0.3) is 16.8 Å². The van der Waals surface area contributed by atoms with E-state index in [9.17, 15) is 0 Å². The molecule has 0 spiro atoms. The minimum Gasteiger partial charge on any atom is -0.324 e. The van der Waals surface area contributed by atoms with Crippen LogP contribution in [0.2, 0.25) is 5.02 Å². The molecule has 0 amide bonds. The summed E-state index contributed by atoms with van der Waals surface area (Å²) < 4.78 is 4.23. The Bertz CT molecular complexity index is 1220. The van der Waals surface area contributed by atoms with Crippen molar-refractivity contribution in [2.24, 2.45) is 0 Å². The quantitative estimate of drug-likeness (QED) is 0.475. The highest BCUT2D eigenvalue weighted by molar-refractivity contribution is 6.30. The molecule has 0 aliphatic heterocycles. The molecule has 2 aromatic heterocycles. The van der Waals surface area contributed by atoms with Gasteiger partial charge in [-0.15, -0.1) is 10.2 Å². The van der Waals surface area contributed by atoms with Crippen LogP contribution in [0.4, 0.5) is 11.6 Å². The molecule has 0 saturated carbocycles. The van der Waals surface area contributed by atoms with Crippen LogP contribution in [0.3, 0.4) is 0 Å². The molecular formula is C21H16ClN5. The van der Waals surface area contributed by atoms with Gasteiger partial charge in [0.2, 0.25) is 11.7 Å². The Balaban J connectivity index is 1.65. The molecule has 5 rings (SSSR count). The van der Waals surface area contributed by atoms with E-state index in [-0.39, 0.29) is 0 Å². The normalized spacial score (nSPS) is 11.3. The largest absolute Gasteiger partial charge is 0.324 e. The van der Waals surface area contributed by atoms with E-state index in [1.54, 1.807) is 0 Å². The highest BCUT2D eigenvalue weighted by Crippen LogP contribution is 2.26. The zero-order chi connectivity index (χ0) is 18.2. The number of imidazole rings is 1. The van der Waals surface area contributed by atoms with E-state index in [2.05, 4.69) is 56.5 Å². The lowest BCUT2D eigenvalue weighted by molar-refractivity contribution is 0.839. The van der Waals surface area contributed by atoms with Gasteiger partial charge in [-0.3, -0.25) is 0 Å². The van der Waals surface area contributed by atoms with Crippen molar-refractivity contribution in [1.29, 1.82) is 0 Å². The van der Waals surface area contributed by atoms with Crippen LogP contribution in [-0.2, 0) is 6.54 Å². The van der Waals surface area contributed by atoms with Gasteiger partial charge in [-0.25, -0.2) is 4.40 Å². The number of rotatable bonds is 4. The van der Waals surface area contributed by atoms with Crippen molar-refractivity contribution >= 4 is 40.0 Å². The highest BCUT2D eigenvalue weighted by Gasteiger charge is 2.16. The maximum Gasteiger partial charge on any atom is 0.238 e. The third-order valence-electron chi connectivity index (χ3n) is 4.58. The molecule has 6 heteroatoms. The van der Waals surface area contributed by atoms with Crippen LogP contribution in [0.1, 0.15) is 5.56 Å². The van der Waals surface area contributed by atoms with Gasteiger partial charge < -0.3 is 9.88 Å². The fourth-order valence-electron chi connectivity index (χ4n) is 3.33. The Morgan fingerprint density at radius 3 is 2.26 bits per heavy atom. The molecule has 0 unspecified atom stereocenters. The van der Waals surface area contributed by atoms with Crippen molar-refractivity contribution in [2.45, 2.75) is 6.54 Å². The van der Waals surface area contributed by atoms with E-state index < -0.39 is 0 Å². The lowest BCUT2D eigenvalue weighted by Crippen LogP contribution is -2.00. The van der Waals surface area contributed by atoms with Gasteiger partial charge in [0.1, 0.15) is 0 Å². The first kappa shape index (κ1) is 15.9. The minimum absolute atomic E-state index is 0.676. The van der Waals surface area contributed by atoms with Crippen molar-refractivity contribution in [3.63, 3.8) is 0 Å². The first-order valence-corrected chi connectivity index (χ1v) is 9.06. The number of benzene rings is 3. The van der Waals surface area contributed by atoms with Gasteiger partial charge in [0, 0.05) is 10.7 Å². The number of nitrogens with one attached hydrogen (secondary N) is 1. The SMILES string of the molecule is Clc1ccc(Nc2nnc3n(Cc4ccccc4)c4ccccc4n23)cc1. The first-order chi connectivity index (χ1) is 13.3. The molecule has 5 aromatic rings. The topological polar surface area (TPSA) is 47.2 Å². The Morgan fingerprint density at radius 1 is 0.778 bits per heavy atom. The lowest BCUT2D eigenvalue weighted by atomic mass is 10.2. The summed E-state index contributed by atoms with van der Waals surface area (Å²) in [7, 11) is 0. The van der Waals surface area contributed by atoms with Crippen molar-refractivity contribution in [2.75, 3.05) is 5.32 Å². The van der Waals surface area contributed by atoms with Crippen LogP contribution in [0, 0.1) is 0 Å². The predicted octanol–water partition coefficient (Wildman–Crippen LogP) is 5.13. The van der Waals surface area contributed by atoms with Crippen molar-refractivity contribution in [1.82, 2.24) is 19.2 Å². The average Bonchev–Trinajstić information content (AvgIpc) is 3.24. The molecule has 0 bridgehead atoms. The second-order valence-corrected chi connectivity index (χ2v) is 6.79. The van der Waals surface area contributed by atoms with Crippen LogP contribution < -0.4 is 5.32 Å². The zero-order valence-electron chi connectivity index (χ0n) is 14.4. The molecule has 0 fully saturated rings. The molecule has 3 aromatic carbocycles. The van der Waals surface area contributed by atoms with Gasteiger partial charge in [0.25, 0.3) is 0 Å². The monoisotopic (exact) mass is 373 g/mol. The average molecular weight is 374 g/mol. The number of aromatic nitrogens is 4. The first-order valence-electron chi connectivity index (χ1n) is 8.68. The maximum atomic E-state index is 5.98. The summed E-state index contributed by atoms with van der Waals surface area (Å²) in [4.78, 5) is 0. The number of anilines is 2. The molecular weight excluding hydrogens is 358 g/mol. The number of fused-ring (bicyclic) bond motifs is 3. The third kappa shape index (κ3) is 2.82. The van der Waals surface area contributed by atoms with Gasteiger partial charge >= 0.3 is 0 Å². The number of para-hydroxylation sites is 2. The summed E-state index contributed by atoms with van der Waals surface area (Å²) >= 11 is 5.98. The molecule has 0 aliphatic carbocycles. The second-order valence-electron chi connectivity index (χ2n) is 6.35. The van der Waals surface area contributed by atoms with E-state index in [4.69, 9.17) is 11.6 Å². The molecule has 0 radical (unpaired) electrons. The van der Waals surface area contributed by atoms with Gasteiger partial charge in [-0.2, -0.15) is 0 Å². The Kier molecular flexibility index (Phi) is 3.80. The van der Waals surface area contributed by atoms with Crippen molar-refractivity contribution in [3.05, 3.63) is 89.4 Å². The highest BCUT2D eigenvalue weighted by atomic mass is 35.5. The summed E-state index contributed by atoms with van der Waals surface area (Å²) in [6, 6.07) is 26.2. The van der Waals surface area contributed by atoms with Crippen LogP contribution in [0.15, 0.2) is 78.9 Å². The molecule has 27 heavy (non-hydrogen) atoms. The number of hydrogen-bond acceptors (Lipinski definition) is 3. The third-order valence-corrected chi connectivity index (χ3v) is 4.84. The number of hydrogen-bond donors (Lipinski definition) is 1. The Morgan fingerprint density at radius 2 is 1.48 bits per heavy atom. The van der Waals surface area contributed by atoms with Crippen molar-refractivity contribution < 1.29 is 0 Å². The molecule has 0 saturated heterocycles. The zero-order valence-corrected chi connectivity index (χ0v) is 15.1. The molecule has 0 atom stereocenters. The van der Waals surface area contributed by atoms with Gasteiger partial charge in [0.05, 0.1) is 17.6 Å². The summed E-state index contributed by atoms with van der Waals surface area (Å²) in [5.74, 6) is 1.48. The van der Waals surface area contributed by atoms with Crippen LogP contribution in [0.5, 0.6) is 0 Å². The van der Waals surface area contributed by atoms with Crippen LogP contribution >= 0.6 is 11.6 Å². The van der Waals surface area contributed by atoms with E-state index >= 15 is 0 Å². The Hall–Kier alpha value is -3.31. The molecule has 0 aliphatic rings. The Labute approximate surface area is 160 Å². The maximum absolute atomic E-state index is 5.98. The van der Waals surface area contributed by atoms with E-state index in [0.29, 0.717) is 11.0 Å². The lowest BCUT2D eigenvalue weighted by Gasteiger charge is -2.04. The molecule has 1 N–H and O–H groups in total. The van der Waals surface area contributed by atoms with Crippen LogP contribution in [-0.4, -0.2) is 19.2 Å².